The number of carbonyl (C=O) groups excluding carboxylic acids is 1. The molecule has 132 valence electrons. The topological polar surface area (TPSA) is 66.4 Å². The van der Waals surface area contributed by atoms with Crippen molar-refractivity contribution in [1.29, 1.82) is 0 Å². The standard InChI is InChI=1S/C20H23NO3S/c1-14-6-8-16(9-7-14)10-11-18(20(23)24)25-13-19(22)21-17-5-3-4-15(2)12-17/h3-9,12,18H,10-11,13H2,1-2H3,(H,21,22)(H,23,24). The van der Waals surface area contributed by atoms with E-state index in [-0.39, 0.29) is 11.7 Å². The van der Waals surface area contributed by atoms with Crippen molar-refractivity contribution >= 4 is 29.3 Å². The molecule has 0 bridgehead atoms. The number of amides is 1. The van der Waals surface area contributed by atoms with Crippen LogP contribution in [0.5, 0.6) is 0 Å². The van der Waals surface area contributed by atoms with Crippen LogP contribution in [0.2, 0.25) is 0 Å². The van der Waals surface area contributed by atoms with E-state index in [1.54, 1.807) is 0 Å². The van der Waals surface area contributed by atoms with Crippen LogP contribution in [0.1, 0.15) is 23.1 Å². The van der Waals surface area contributed by atoms with Gasteiger partial charge in [0.15, 0.2) is 0 Å². The fourth-order valence-electron chi connectivity index (χ4n) is 2.43. The second-order valence-electron chi connectivity index (χ2n) is 6.08. The molecular formula is C20H23NO3S. The fraction of sp³-hybridized carbons (Fsp3) is 0.300. The largest absolute Gasteiger partial charge is 0.480 e. The highest BCUT2D eigenvalue weighted by molar-refractivity contribution is 8.01. The first kappa shape index (κ1) is 19.1. The van der Waals surface area contributed by atoms with E-state index < -0.39 is 11.2 Å². The normalized spacial score (nSPS) is 11.8. The first-order valence-corrected chi connectivity index (χ1v) is 9.25. The summed E-state index contributed by atoms with van der Waals surface area (Å²) in [5.74, 6) is -0.934. The minimum atomic E-state index is -0.875. The van der Waals surface area contributed by atoms with Crippen molar-refractivity contribution in [2.24, 2.45) is 0 Å². The molecule has 0 aromatic heterocycles. The van der Waals surface area contributed by atoms with E-state index in [9.17, 15) is 14.7 Å². The zero-order valence-corrected chi connectivity index (χ0v) is 15.3. The zero-order valence-electron chi connectivity index (χ0n) is 14.5. The summed E-state index contributed by atoms with van der Waals surface area (Å²) in [6.45, 7) is 3.97. The van der Waals surface area contributed by atoms with Crippen LogP contribution in [0.25, 0.3) is 0 Å². The van der Waals surface area contributed by atoms with Crippen LogP contribution in [-0.2, 0) is 16.0 Å². The molecule has 0 saturated carbocycles. The molecule has 0 spiro atoms. The van der Waals surface area contributed by atoms with Gasteiger partial charge in [-0.2, -0.15) is 0 Å². The van der Waals surface area contributed by atoms with Crippen LogP contribution < -0.4 is 5.32 Å². The van der Waals surface area contributed by atoms with Gasteiger partial charge in [0.2, 0.25) is 5.91 Å². The maximum atomic E-state index is 12.0. The molecule has 5 heteroatoms. The summed E-state index contributed by atoms with van der Waals surface area (Å²) in [7, 11) is 0. The Morgan fingerprint density at radius 1 is 1.08 bits per heavy atom. The predicted molar refractivity (Wildman–Crippen MR) is 103 cm³/mol. The third-order valence-corrected chi connectivity index (χ3v) is 5.08. The molecule has 0 saturated heterocycles. The Balaban J connectivity index is 1.83. The van der Waals surface area contributed by atoms with E-state index in [0.717, 1.165) is 16.8 Å². The van der Waals surface area contributed by atoms with Gasteiger partial charge in [0.25, 0.3) is 0 Å². The number of thioether (sulfide) groups is 1. The molecule has 2 rings (SSSR count). The van der Waals surface area contributed by atoms with Gasteiger partial charge in [-0.15, -0.1) is 11.8 Å². The van der Waals surface area contributed by atoms with E-state index in [2.05, 4.69) is 5.32 Å². The highest BCUT2D eigenvalue weighted by Crippen LogP contribution is 2.19. The minimum Gasteiger partial charge on any atom is -0.480 e. The summed E-state index contributed by atoms with van der Waals surface area (Å²) in [5.41, 5.74) is 4.09. The van der Waals surface area contributed by atoms with E-state index in [1.807, 2.05) is 62.4 Å². The van der Waals surface area contributed by atoms with E-state index in [1.165, 1.54) is 17.3 Å². The van der Waals surface area contributed by atoms with Crippen molar-refractivity contribution in [2.45, 2.75) is 31.9 Å². The van der Waals surface area contributed by atoms with Gasteiger partial charge >= 0.3 is 5.97 Å². The summed E-state index contributed by atoms with van der Waals surface area (Å²) >= 11 is 1.17. The molecule has 2 aromatic carbocycles. The molecule has 0 radical (unpaired) electrons. The van der Waals surface area contributed by atoms with Crippen molar-refractivity contribution in [3.8, 4) is 0 Å². The quantitative estimate of drug-likeness (QED) is 0.748. The lowest BCUT2D eigenvalue weighted by molar-refractivity contribution is -0.136. The van der Waals surface area contributed by atoms with Gasteiger partial charge in [0.05, 0.1) is 5.75 Å². The van der Waals surface area contributed by atoms with Crippen LogP contribution in [0, 0.1) is 13.8 Å². The number of nitrogens with one attached hydrogen (secondary N) is 1. The fourth-order valence-corrected chi connectivity index (χ4v) is 3.28. The van der Waals surface area contributed by atoms with Crippen molar-refractivity contribution in [3.05, 3.63) is 65.2 Å². The maximum absolute atomic E-state index is 12.0. The Bertz CT molecular complexity index is 728. The number of aliphatic carboxylic acids is 1. The molecule has 0 fully saturated rings. The third kappa shape index (κ3) is 6.63. The zero-order chi connectivity index (χ0) is 18.2. The molecule has 2 aromatic rings. The Kier molecular flexibility index (Phi) is 7.07. The predicted octanol–water partition coefficient (Wildman–Crippen LogP) is 4.06. The smallest absolute Gasteiger partial charge is 0.316 e. The Morgan fingerprint density at radius 2 is 1.80 bits per heavy atom. The highest BCUT2D eigenvalue weighted by atomic mass is 32.2. The maximum Gasteiger partial charge on any atom is 0.316 e. The summed E-state index contributed by atoms with van der Waals surface area (Å²) in [6.07, 6.45) is 1.19. The van der Waals surface area contributed by atoms with Gasteiger partial charge in [-0.1, -0.05) is 42.0 Å². The summed E-state index contributed by atoms with van der Waals surface area (Å²) in [6, 6.07) is 15.6. The van der Waals surface area contributed by atoms with Gasteiger partial charge < -0.3 is 10.4 Å². The molecule has 2 N–H and O–H groups in total. The van der Waals surface area contributed by atoms with Crippen molar-refractivity contribution in [1.82, 2.24) is 0 Å². The number of anilines is 1. The van der Waals surface area contributed by atoms with Gasteiger partial charge in [0.1, 0.15) is 5.25 Å². The third-order valence-electron chi connectivity index (χ3n) is 3.81. The average Bonchev–Trinajstić information content (AvgIpc) is 2.56. The number of rotatable bonds is 8. The molecule has 1 amide bonds. The summed E-state index contributed by atoms with van der Waals surface area (Å²) in [4.78, 5) is 23.5. The lowest BCUT2D eigenvalue weighted by Gasteiger charge is -2.12. The van der Waals surface area contributed by atoms with Gasteiger partial charge in [0, 0.05) is 5.69 Å². The lowest BCUT2D eigenvalue weighted by Crippen LogP contribution is -2.22. The number of aryl methyl sites for hydroxylation is 3. The number of hydrogen-bond acceptors (Lipinski definition) is 3. The molecule has 0 heterocycles. The molecule has 0 aliphatic carbocycles. The van der Waals surface area contributed by atoms with Crippen LogP contribution in [-0.4, -0.2) is 28.0 Å². The number of carbonyl (C=O) groups is 2. The van der Waals surface area contributed by atoms with Crippen LogP contribution in [0.4, 0.5) is 5.69 Å². The van der Waals surface area contributed by atoms with Gasteiger partial charge in [-0.3, -0.25) is 9.59 Å². The second-order valence-corrected chi connectivity index (χ2v) is 7.27. The summed E-state index contributed by atoms with van der Waals surface area (Å²) < 4.78 is 0. The van der Waals surface area contributed by atoms with Crippen LogP contribution in [0.3, 0.4) is 0 Å². The molecule has 1 unspecified atom stereocenters. The molecule has 0 aliphatic rings. The SMILES string of the molecule is Cc1ccc(CCC(SCC(=O)Nc2cccc(C)c2)C(=O)O)cc1. The number of carboxylic acid groups (broad SMARTS) is 1. The monoisotopic (exact) mass is 357 g/mol. The molecular weight excluding hydrogens is 334 g/mol. The van der Waals surface area contributed by atoms with E-state index in [0.29, 0.717) is 12.8 Å². The van der Waals surface area contributed by atoms with E-state index >= 15 is 0 Å². The minimum absolute atomic E-state index is 0.124. The second kappa shape index (κ2) is 9.28. The number of hydrogen-bond donors (Lipinski definition) is 2. The summed E-state index contributed by atoms with van der Waals surface area (Å²) in [5, 5.41) is 11.6. The molecule has 0 aliphatic heterocycles. The number of carboxylic acids is 1. The van der Waals surface area contributed by atoms with Crippen LogP contribution >= 0.6 is 11.8 Å². The Hall–Kier alpha value is -2.27. The van der Waals surface area contributed by atoms with Crippen LogP contribution in [0.15, 0.2) is 48.5 Å². The molecule has 4 nitrogen and oxygen atoms in total. The first-order chi connectivity index (χ1) is 11.9. The highest BCUT2D eigenvalue weighted by Gasteiger charge is 2.19. The van der Waals surface area contributed by atoms with Gasteiger partial charge in [-0.25, -0.2) is 0 Å². The van der Waals surface area contributed by atoms with E-state index in [4.69, 9.17) is 0 Å². The van der Waals surface area contributed by atoms with Crippen molar-refractivity contribution in [2.75, 3.05) is 11.1 Å². The lowest BCUT2D eigenvalue weighted by atomic mass is 10.1. The number of benzene rings is 2. The van der Waals surface area contributed by atoms with Crippen molar-refractivity contribution < 1.29 is 14.7 Å². The Morgan fingerprint density at radius 3 is 2.44 bits per heavy atom. The van der Waals surface area contributed by atoms with Crippen molar-refractivity contribution in [3.63, 3.8) is 0 Å². The van der Waals surface area contributed by atoms with Gasteiger partial charge in [-0.05, 0) is 49.9 Å². The molecule has 1 atom stereocenters. The Labute approximate surface area is 152 Å². The first-order valence-electron chi connectivity index (χ1n) is 8.20. The average molecular weight is 357 g/mol. The molecule has 25 heavy (non-hydrogen) atoms.